The molecule has 2 aromatic rings. The van der Waals surface area contributed by atoms with Gasteiger partial charge in [0, 0.05) is 31.5 Å². The van der Waals surface area contributed by atoms with Crippen molar-refractivity contribution in [1.82, 2.24) is 0 Å². The maximum Gasteiger partial charge on any atom is 0.258 e. The Labute approximate surface area is 121 Å². The summed E-state index contributed by atoms with van der Waals surface area (Å²) < 4.78 is 26.7. The molecule has 6 heteroatoms. The highest BCUT2D eigenvalue weighted by Crippen LogP contribution is 2.20. The highest BCUT2D eigenvalue weighted by Gasteiger charge is 2.15. The van der Waals surface area contributed by atoms with Crippen LogP contribution in [0.5, 0.6) is 0 Å². The Morgan fingerprint density at radius 3 is 2.29 bits per heavy atom. The number of halogens is 2. The highest BCUT2D eigenvalue weighted by atomic mass is 19.1. The number of nitrogens with zero attached hydrogens (tertiary/aromatic N) is 1. The van der Waals surface area contributed by atoms with Crippen LogP contribution in [0.25, 0.3) is 0 Å². The van der Waals surface area contributed by atoms with E-state index in [-0.39, 0.29) is 11.3 Å². The lowest BCUT2D eigenvalue weighted by atomic mass is 10.1. The Kier molecular flexibility index (Phi) is 4.07. The van der Waals surface area contributed by atoms with Crippen LogP contribution in [0.4, 0.5) is 25.8 Å². The van der Waals surface area contributed by atoms with Gasteiger partial charge in [0.25, 0.3) is 5.91 Å². The van der Waals surface area contributed by atoms with Gasteiger partial charge in [0.2, 0.25) is 0 Å². The van der Waals surface area contributed by atoms with Crippen LogP contribution in [0.1, 0.15) is 10.4 Å². The molecular weight excluding hydrogens is 276 g/mol. The monoisotopic (exact) mass is 291 g/mol. The largest absolute Gasteiger partial charge is 0.396 e. The van der Waals surface area contributed by atoms with Gasteiger partial charge in [0.15, 0.2) is 0 Å². The molecule has 110 valence electrons. The molecule has 0 bridgehead atoms. The van der Waals surface area contributed by atoms with Crippen LogP contribution in [0, 0.1) is 11.6 Å². The normalized spacial score (nSPS) is 10.3. The van der Waals surface area contributed by atoms with Gasteiger partial charge in [-0.25, -0.2) is 8.78 Å². The summed E-state index contributed by atoms with van der Waals surface area (Å²) in [6, 6.07) is 8.58. The summed E-state index contributed by atoms with van der Waals surface area (Å²) in [5, 5.41) is 2.54. The molecule has 0 spiro atoms. The van der Waals surface area contributed by atoms with Crippen molar-refractivity contribution in [2.75, 3.05) is 30.0 Å². The van der Waals surface area contributed by atoms with Crippen LogP contribution >= 0.6 is 0 Å². The van der Waals surface area contributed by atoms with E-state index < -0.39 is 17.5 Å². The Bertz CT molecular complexity index is 669. The zero-order chi connectivity index (χ0) is 15.6. The maximum absolute atomic E-state index is 13.6. The first-order valence-electron chi connectivity index (χ1n) is 6.21. The molecular formula is C15H15F2N3O. The topological polar surface area (TPSA) is 58.4 Å². The third kappa shape index (κ3) is 3.28. The Balaban J connectivity index is 2.20. The number of nitrogens with one attached hydrogen (secondary N) is 1. The second-order valence-corrected chi connectivity index (χ2v) is 4.75. The minimum absolute atomic E-state index is 0.274. The lowest BCUT2D eigenvalue weighted by Gasteiger charge is -2.13. The lowest BCUT2D eigenvalue weighted by molar-refractivity contribution is 0.102. The predicted molar refractivity (Wildman–Crippen MR) is 79.5 cm³/mol. The molecule has 0 saturated heterocycles. The number of amides is 1. The number of hydrogen-bond donors (Lipinski definition) is 2. The summed E-state index contributed by atoms with van der Waals surface area (Å²) >= 11 is 0. The van der Waals surface area contributed by atoms with Crippen LogP contribution in [0.15, 0.2) is 36.4 Å². The molecule has 4 nitrogen and oxygen atoms in total. The van der Waals surface area contributed by atoms with Crippen LogP contribution in [0.3, 0.4) is 0 Å². The molecule has 0 aromatic heterocycles. The molecule has 0 atom stereocenters. The van der Waals surface area contributed by atoms with Crippen molar-refractivity contribution in [2.45, 2.75) is 0 Å². The summed E-state index contributed by atoms with van der Waals surface area (Å²) in [6.07, 6.45) is 0. The van der Waals surface area contributed by atoms with E-state index >= 15 is 0 Å². The van der Waals surface area contributed by atoms with Crippen molar-refractivity contribution in [3.63, 3.8) is 0 Å². The first-order valence-corrected chi connectivity index (χ1v) is 6.21. The quantitative estimate of drug-likeness (QED) is 0.855. The van der Waals surface area contributed by atoms with E-state index in [9.17, 15) is 13.6 Å². The second kappa shape index (κ2) is 5.78. The van der Waals surface area contributed by atoms with Crippen molar-refractivity contribution in [2.24, 2.45) is 0 Å². The summed E-state index contributed by atoms with van der Waals surface area (Å²) in [6.45, 7) is 0. The van der Waals surface area contributed by atoms with Crippen molar-refractivity contribution >= 4 is 23.0 Å². The summed E-state index contributed by atoms with van der Waals surface area (Å²) in [5.74, 6) is -2.53. The number of carbonyl (C=O) groups is 1. The maximum atomic E-state index is 13.6. The number of hydrogen-bond acceptors (Lipinski definition) is 3. The van der Waals surface area contributed by atoms with E-state index in [1.807, 2.05) is 31.1 Å². The first kappa shape index (κ1) is 14.8. The number of benzene rings is 2. The fourth-order valence-corrected chi connectivity index (χ4v) is 1.78. The van der Waals surface area contributed by atoms with Crippen molar-refractivity contribution in [3.05, 3.63) is 53.6 Å². The van der Waals surface area contributed by atoms with Crippen molar-refractivity contribution in [1.29, 1.82) is 0 Å². The minimum Gasteiger partial charge on any atom is -0.396 e. The molecule has 0 unspecified atom stereocenters. The average molecular weight is 291 g/mol. The van der Waals surface area contributed by atoms with Gasteiger partial charge in [-0.1, -0.05) is 0 Å². The van der Waals surface area contributed by atoms with Gasteiger partial charge in [-0.2, -0.15) is 0 Å². The van der Waals surface area contributed by atoms with Gasteiger partial charge in [-0.15, -0.1) is 0 Å². The molecule has 0 saturated carbocycles. The van der Waals surface area contributed by atoms with Gasteiger partial charge in [0.1, 0.15) is 11.6 Å². The predicted octanol–water partition coefficient (Wildman–Crippen LogP) is 2.87. The highest BCUT2D eigenvalue weighted by molar-refractivity contribution is 6.05. The van der Waals surface area contributed by atoms with Crippen LogP contribution < -0.4 is 16.0 Å². The molecule has 0 fully saturated rings. The van der Waals surface area contributed by atoms with Crippen LogP contribution in [-0.4, -0.2) is 20.0 Å². The van der Waals surface area contributed by atoms with E-state index in [1.165, 1.54) is 0 Å². The third-order valence-electron chi connectivity index (χ3n) is 2.97. The fraction of sp³-hybridized carbons (Fsp3) is 0.133. The number of rotatable bonds is 3. The lowest BCUT2D eigenvalue weighted by Crippen LogP contribution is -2.15. The number of nitrogen functional groups attached to an aromatic ring is 1. The number of carbonyl (C=O) groups excluding carboxylic acids is 1. The molecule has 1 amide bonds. The van der Waals surface area contributed by atoms with E-state index in [2.05, 4.69) is 5.32 Å². The summed E-state index contributed by atoms with van der Waals surface area (Å²) in [4.78, 5) is 13.9. The zero-order valence-corrected chi connectivity index (χ0v) is 11.7. The van der Waals surface area contributed by atoms with Crippen LogP contribution in [0.2, 0.25) is 0 Å². The van der Waals surface area contributed by atoms with Gasteiger partial charge >= 0.3 is 0 Å². The molecule has 0 radical (unpaired) electrons. The van der Waals surface area contributed by atoms with Gasteiger partial charge in [-0.3, -0.25) is 4.79 Å². The van der Waals surface area contributed by atoms with Crippen molar-refractivity contribution < 1.29 is 13.6 Å². The molecule has 0 aliphatic heterocycles. The molecule has 2 rings (SSSR count). The van der Waals surface area contributed by atoms with E-state index in [4.69, 9.17) is 5.73 Å². The molecule has 0 aliphatic carbocycles. The molecule has 2 aromatic carbocycles. The zero-order valence-electron chi connectivity index (χ0n) is 11.7. The number of anilines is 3. The Morgan fingerprint density at radius 2 is 1.71 bits per heavy atom. The first-order chi connectivity index (χ1) is 9.88. The summed E-state index contributed by atoms with van der Waals surface area (Å²) in [5.41, 5.74) is 6.24. The molecule has 3 N–H and O–H groups in total. The second-order valence-electron chi connectivity index (χ2n) is 4.75. The average Bonchev–Trinajstić information content (AvgIpc) is 2.43. The fourth-order valence-electron chi connectivity index (χ4n) is 1.78. The van der Waals surface area contributed by atoms with Crippen LogP contribution in [-0.2, 0) is 0 Å². The van der Waals surface area contributed by atoms with E-state index in [1.54, 1.807) is 12.1 Å². The Hall–Kier alpha value is -2.63. The SMILES string of the molecule is CN(C)c1ccc(NC(=O)c2cc(N)c(F)cc2F)cc1. The van der Waals surface area contributed by atoms with Gasteiger partial charge in [0.05, 0.1) is 11.3 Å². The van der Waals surface area contributed by atoms with Gasteiger partial charge in [-0.05, 0) is 30.3 Å². The smallest absolute Gasteiger partial charge is 0.258 e. The summed E-state index contributed by atoms with van der Waals surface area (Å²) in [7, 11) is 3.79. The Morgan fingerprint density at radius 1 is 1.10 bits per heavy atom. The minimum atomic E-state index is -0.955. The molecule has 0 heterocycles. The van der Waals surface area contributed by atoms with Gasteiger partial charge < -0.3 is 16.0 Å². The number of nitrogens with two attached hydrogens (primary N) is 1. The van der Waals surface area contributed by atoms with E-state index in [0.29, 0.717) is 11.8 Å². The third-order valence-corrected chi connectivity index (χ3v) is 2.97. The van der Waals surface area contributed by atoms with Crippen molar-refractivity contribution in [3.8, 4) is 0 Å². The van der Waals surface area contributed by atoms with E-state index in [0.717, 1.165) is 11.8 Å². The molecule has 0 aliphatic rings. The standard InChI is InChI=1S/C15H15F2N3O/c1-20(2)10-5-3-9(4-6-10)19-15(21)11-7-14(18)13(17)8-12(11)16/h3-8H,18H2,1-2H3,(H,19,21). The molecule has 21 heavy (non-hydrogen) atoms.